The number of amides is 1. The number of nitrogens with zero attached hydrogens (tertiary/aromatic N) is 1. The summed E-state index contributed by atoms with van der Waals surface area (Å²) in [6, 6.07) is 0.456. The molecule has 2 rings (SSSR count). The van der Waals surface area contributed by atoms with Crippen molar-refractivity contribution in [2.24, 2.45) is 0 Å². The number of halogens is 1. The lowest BCUT2D eigenvalue weighted by molar-refractivity contribution is -0.122. The van der Waals surface area contributed by atoms with E-state index in [-0.39, 0.29) is 18.3 Å². The highest BCUT2D eigenvalue weighted by Crippen LogP contribution is 2.17. The third kappa shape index (κ3) is 5.23. The van der Waals surface area contributed by atoms with E-state index in [2.05, 4.69) is 15.5 Å². The first-order chi connectivity index (χ1) is 7.84. The second-order valence-corrected chi connectivity index (χ2v) is 4.93. The van der Waals surface area contributed by atoms with E-state index in [0.717, 1.165) is 32.6 Å². The summed E-state index contributed by atoms with van der Waals surface area (Å²) in [7, 11) is 0. The Morgan fingerprint density at radius 1 is 1.18 bits per heavy atom. The maximum absolute atomic E-state index is 11.8. The monoisotopic (exact) mass is 261 g/mol. The molecule has 0 aromatic heterocycles. The van der Waals surface area contributed by atoms with Crippen LogP contribution in [0.4, 0.5) is 0 Å². The molecule has 0 radical (unpaired) electrons. The molecule has 1 saturated carbocycles. The summed E-state index contributed by atoms with van der Waals surface area (Å²) in [4.78, 5) is 14.1. The van der Waals surface area contributed by atoms with Gasteiger partial charge in [0.05, 0.1) is 6.54 Å². The minimum atomic E-state index is 0. The number of nitrogens with one attached hydrogen (secondary N) is 2. The maximum atomic E-state index is 11.8. The Labute approximate surface area is 110 Å². The van der Waals surface area contributed by atoms with Gasteiger partial charge in [0, 0.05) is 19.1 Å². The van der Waals surface area contributed by atoms with E-state index in [1.807, 2.05) is 0 Å². The predicted molar refractivity (Wildman–Crippen MR) is 71.6 cm³/mol. The zero-order valence-corrected chi connectivity index (χ0v) is 11.2. The fourth-order valence-corrected chi connectivity index (χ4v) is 2.61. The molecule has 0 aromatic rings. The minimum Gasteiger partial charge on any atom is -0.352 e. The lowest BCUT2D eigenvalue weighted by Crippen LogP contribution is -2.42. The highest BCUT2D eigenvalue weighted by atomic mass is 35.5. The first-order valence-electron chi connectivity index (χ1n) is 6.57. The average Bonchev–Trinajstić information content (AvgIpc) is 2.62. The Hall–Kier alpha value is -0.320. The molecule has 2 fully saturated rings. The van der Waals surface area contributed by atoms with Crippen LogP contribution >= 0.6 is 12.4 Å². The molecule has 0 bridgehead atoms. The molecule has 4 nitrogen and oxygen atoms in total. The summed E-state index contributed by atoms with van der Waals surface area (Å²) in [5.74, 6) is 0.216. The van der Waals surface area contributed by atoms with Gasteiger partial charge in [-0.3, -0.25) is 9.69 Å². The van der Waals surface area contributed by atoms with Crippen molar-refractivity contribution in [2.75, 3.05) is 32.7 Å². The molecule has 1 saturated heterocycles. The first kappa shape index (κ1) is 14.7. The Kier molecular flexibility index (Phi) is 6.85. The number of carbonyl (C=O) groups excluding carboxylic acids is 1. The van der Waals surface area contributed by atoms with Gasteiger partial charge in [-0.2, -0.15) is 0 Å². The molecular formula is C12H24ClN3O. The van der Waals surface area contributed by atoms with Crippen molar-refractivity contribution in [1.82, 2.24) is 15.5 Å². The maximum Gasteiger partial charge on any atom is 0.234 e. The van der Waals surface area contributed by atoms with Crippen molar-refractivity contribution in [2.45, 2.75) is 38.1 Å². The van der Waals surface area contributed by atoms with E-state index in [1.54, 1.807) is 0 Å². The SMILES string of the molecule is Cl.O=C(CN1CCCNCC1)NC1CCCC1. The third-order valence-corrected chi connectivity index (χ3v) is 3.52. The molecule has 1 amide bonds. The lowest BCUT2D eigenvalue weighted by atomic mass is 10.2. The highest BCUT2D eigenvalue weighted by Gasteiger charge is 2.18. The third-order valence-electron chi connectivity index (χ3n) is 3.52. The van der Waals surface area contributed by atoms with E-state index in [9.17, 15) is 4.79 Å². The van der Waals surface area contributed by atoms with Crippen LogP contribution in [0.15, 0.2) is 0 Å². The quantitative estimate of drug-likeness (QED) is 0.789. The van der Waals surface area contributed by atoms with Crippen LogP contribution in [0.1, 0.15) is 32.1 Å². The van der Waals surface area contributed by atoms with E-state index >= 15 is 0 Å². The molecule has 17 heavy (non-hydrogen) atoms. The summed E-state index contributed by atoms with van der Waals surface area (Å²) < 4.78 is 0. The van der Waals surface area contributed by atoms with E-state index in [4.69, 9.17) is 0 Å². The molecule has 100 valence electrons. The van der Waals surface area contributed by atoms with Crippen LogP contribution in [0.2, 0.25) is 0 Å². The van der Waals surface area contributed by atoms with Crippen LogP contribution in [0, 0.1) is 0 Å². The fraction of sp³-hybridized carbons (Fsp3) is 0.917. The molecule has 0 atom stereocenters. The number of carbonyl (C=O) groups is 1. The number of hydrogen-bond acceptors (Lipinski definition) is 3. The van der Waals surface area contributed by atoms with E-state index in [1.165, 1.54) is 25.7 Å². The number of hydrogen-bond donors (Lipinski definition) is 2. The second kappa shape index (κ2) is 7.90. The van der Waals surface area contributed by atoms with Crippen LogP contribution in [0.25, 0.3) is 0 Å². The van der Waals surface area contributed by atoms with Crippen LogP contribution in [-0.4, -0.2) is 49.6 Å². The van der Waals surface area contributed by atoms with Gasteiger partial charge in [0.25, 0.3) is 0 Å². The normalized spacial score (nSPS) is 22.8. The topological polar surface area (TPSA) is 44.4 Å². The standard InChI is InChI=1S/C12H23N3O.ClH/c16-12(14-11-4-1-2-5-11)10-15-8-3-6-13-7-9-15;/h11,13H,1-10H2,(H,14,16);1H. The zero-order valence-electron chi connectivity index (χ0n) is 10.4. The van der Waals surface area contributed by atoms with Crippen molar-refractivity contribution < 1.29 is 4.79 Å². The van der Waals surface area contributed by atoms with Gasteiger partial charge in [-0.05, 0) is 32.4 Å². The highest BCUT2D eigenvalue weighted by molar-refractivity contribution is 5.85. The first-order valence-corrected chi connectivity index (χ1v) is 6.57. The summed E-state index contributed by atoms with van der Waals surface area (Å²) in [5.41, 5.74) is 0. The molecule has 5 heteroatoms. The molecular weight excluding hydrogens is 238 g/mol. The molecule has 0 spiro atoms. The van der Waals surface area contributed by atoms with Crippen LogP contribution < -0.4 is 10.6 Å². The molecule has 1 aliphatic heterocycles. The molecule has 1 heterocycles. The second-order valence-electron chi connectivity index (χ2n) is 4.93. The molecule has 2 N–H and O–H groups in total. The van der Waals surface area contributed by atoms with E-state index < -0.39 is 0 Å². The molecule has 0 aromatic carbocycles. The molecule has 0 unspecified atom stereocenters. The van der Waals surface area contributed by atoms with Crippen molar-refractivity contribution in [3.8, 4) is 0 Å². The average molecular weight is 262 g/mol. The zero-order chi connectivity index (χ0) is 11.2. The van der Waals surface area contributed by atoms with Crippen LogP contribution in [0.3, 0.4) is 0 Å². The molecule has 2 aliphatic rings. The largest absolute Gasteiger partial charge is 0.352 e. The van der Waals surface area contributed by atoms with Gasteiger partial charge >= 0.3 is 0 Å². The van der Waals surface area contributed by atoms with Crippen LogP contribution in [-0.2, 0) is 4.79 Å². The predicted octanol–water partition coefficient (Wildman–Crippen LogP) is 0.762. The number of rotatable bonds is 3. The summed E-state index contributed by atoms with van der Waals surface area (Å²) in [6.07, 6.45) is 6.05. The minimum absolute atomic E-state index is 0. The fourth-order valence-electron chi connectivity index (χ4n) is 2.61. The van der Waals surface area contributed by atoms with E-state index in [0.29, 0.717) is 12.6 Å². The summed E-state index contributed by atoms with van der Waals surface area (Å²) in [5, 5.41) is 6.50. The van der Waals surface area contributed by atoms with Gasteiger partial charge in [0.2, 0.25) is 5.91 Å². The van der Waals surface area contributed by atoms with Gasteiger partial charge in [0.1, 0.15) is 0 Å². The Balaban J connectivity index is 0.00000144. The summed E-state index contributed by atoms with van der Waals surface area (Å²) >= 11 is 0. The summed E-state index contributed by atoms with van der Waals surface area (Å²) in [6.45, 7) is 4.72. The van der Waals surface area contributed by atoms with Gasteiger partial charge in [-0.1, -0.05) is 12.8 Å². The smallest absolute Gasteiger partial charge is 0.234 e. The Morgan fingerprint density at radius 3 is 2.71 bits per heavy atom. The van der Waals surface area contributed by atoms with Gasteiger partial charge in [-0.25, -0.2) is 0 Å². The van der Waals surface area contributed by atoms with Crippen molar-refractivity contribution in [1.29, 1.82) is 0 Å². The Morgan fingerprint density at radius 2 is 1.94 bits per heavy atom. The van der Waals surface area contributed by atoms with Crippen molar-refractivity contribution in [3.05, 3.63) is 0 Å². The Bertz CT molecular complexity index is 224. The van der Waals surface area contributed by atoms with Gasteiger partial charge in [0.15, 0.2) is 0 Å². The molecule has 1 aliphatic carbocycles. The van der Waals surface area contributed by atoms with Gasteiger partial charge in [-0.15, -0.1) is 12.4 Å². The van der Waals surface area contributed by atoms with Crippen molar-refractivity contribution in [3.63, 3.8) is 0 Å². The van der Waals surface area contributed by atoms with Crippen LogP contribution in [0.5, 0.6) is 0 Å². The lowest BCUT2D eigenvalue weighted by Gasteiger charge is -2.20. The van der Waals surface area contributed by atoms with Gasteiger partial charge < -0.3 is 10.6 Å². The van der Waals surface area contributed by atoms with Crippen molar-refractivity contribution >= 4 is 18.3 Å².